The lowest BCUT2D eigenvalue weighted by atomic mass is 10.0. The molecule has 1 aromatic rings. The highest BCUT2D eigenvalue weighted by Gasteiger charge is 2.37. The molecule has 3 atom stereocenters. The van der Waals surface area contributed by atoms with Crippen molar-refractivity contribution < 1.29 is 14.6 Å². The molecule has 1 heterocycles. The Balaban J connectivity index is 2.06. The molecule has 1 fully saturated rings. The lowest BCUT2D eigenvalue weighted by molar-refractivity contribution is -0.145. The van der Waals surface area contributed by atoms with Gasteiger partial charge in [-0.15, -0.1) is 0 Å². The Hall–Kier alpha value is -1.10. The molecular formula is C15H20ClNO3. The fraction of sp³-hybridized carbons (Fsp3) is 0.533. The third kappa shape index (κ3) is 3.51. The first-order valence-electron chi connectivity index (χ1n) is 6.76. The summed E-state index contributed by atoms with van der Waals surface area (Å²) in [5, 5.41) is 10.5. The van der Waals surface area contributed by atoms with Crippen molar-refractivity contribution in [2.24, 2.45) is 0 Å². The summed E-state index contributed by atoms with van der Waals surface area (Å²) in [7, 11) is 1.38. The third-order valence-electron chi connectivity index (χ3n) is 3.78. The van der Waals surface area contributed by atoms with Crippen LogP contribution >= 0.6 is 11.6 Å². The van der Waals surface area contributed by atoms with Gasteiger partial charge in [0.05, 0.1) is 13.2 Å². The molecule has 1 saturated heterocycles. The van der Waals surface area contributed by atoms with E-state index in [2.05, 4.69) is 6.92 Å². The minimum absolute atomic E-state index is 0.228. The van der Waals surface area contributed by atoms with Crippen LogP contribution in [0.4, 0.5) is 0 Å². The molecule has 0 spiro atoms. The average Bonchev–Trinajstić information content (AvgIpc) is 2.78. The topological polar surface area (TPSA) is 49.8 Å². The largest absolute Gasteiger partial charge is 0.468 e. The Bertz CT molecular complexity index is 480. The normalized spacial score (nSPS) is 24.6. The second kappa shape index (κ2) is 6.57. The molecule has 3 unspecified atom stereocenters. The van der Waals surface area contributed by atoms with E-state index in [-0.39, 0.29) is 17.9 Å². The second-order valence-corrected chi connectivity index (χ2v) is 5.77. The molecule has 1 aliphatic rings. The highest BCUT2D eigenvalue weighted by molar-refractivity contribution is 6.30. The highest BCUT2D eigenvalue weighted by atomic mass is 35.5. The van der Waals surface area contributed by atoms with Crippen LogP contribution in [0.5, 0.6) is 0 Å². The van der Waals surface area contributed by atoms with Crippen LogP contribution in [0.25, 0.3) is 0 Å². The number of carbonyl (C=O) groups is 1. The molecule has 0 saturated carbocycles. The van der Waals surface area contributed by atoms with E-state index in [0.717, 1.165) is 5.56 Å². The molecule has 0 aliphatic carbocycles. The first-order valence-corrected chi connectivity index (χ1v) is 7.14. The molecule has 5 heteroatoms. The number of β-amino-alcohol motifs (C(OH)–C–C–N with tert-alkyl or cyclic N) is 1. The fourth-order valence-corrected chi connectivity index (χ4v) is 2.93. The lowest BCUT2D eigenvalue weighted by Crippen LogP contribution is -2.39. The maximum absolute atomic E-state index is 11.7. The van der Waals surface area contributed by atoms with E-state index in [1.54, 1.807) is 0 Å². The number of benzene rings is 1. The van der Waals surface area contributed by atoms with Crippen molar-refractivity contribution in [3.05, 3.63) is 34.9 Å². The van der Waals surface area contributed by atoms with Crippen molar-refractivity contribution in [3.8, 4) is 0 Å². The molecule has 0 bridgehead atoms. The van der Waals surface area contributed by atoms with Gasteiger partial charge in [0, 0.05) is 24.5 Å². The van der Waals surface area contributed by atoms with Gasteiger partial charge in [0.1, 0.15) is 6.04 Å². The number of hydrogen-bond donors (Lipinski definition) is 1. The van der Waals surface area contributed by atoms with Crippen molar-refractivity contribution in [1.82, 2.24) is 4.90 Å². The monoisotopic (exact) mass is 297 g/mol. The number of aliphatic hydroxyl groups is 1. The summed E-state index contributed by atoms with van der Waals surface area (Å²) < 4.78 is 4.81. The quantitative estimate of drug-likeness (QED) is 0.864. The Morgan fingerprint density at radius 2 is 2.35 bits per heavy atom. The van der Waals surface area contributed by atoms with Gasteiger partial charge in [-0.05, 0) is 23.6 Å². The molecule has 0 amide bonds. The molecule has 1 aromatic carbocycles. The van der Waals surface area contributed by atoms with Crippen LogP contribution in [0.15, 0.2) is 24.3 Å². The van der Waals surface area contributed by atoms with Crippen LogP contribution in [0.2, 0.25) is 5.02 Å². The summed E-state index contributed by atoms with van der Waals surface area (Å²) >= 11 is 6.00. The summed E-state index contributed by atoms with van der Waals surface area (Å²) in [5.74, 6) is -0.0500. The number of ether oxygens (including phenoxy) is 1. The van der Waals surface area contributed by atoms with Gasteiger partial charge in [0.15, 0.2) is 0 Å². The van der Waals surface area contributed by atoms with Crippen molar-refractivity contribution >= 4 is 17.6 Å². The predicted molar refractivity (Wildman–Crippen MR) is 77.9 cm³/mol. The van der Waals surface area contributed by atoms with Crippen molar-refractivity contribution in [1.29, 1.82) is 0 Å². The standard InChI is InChI=1S/C15H20ClNO3/c1-10(11-4-3-5-12(16)6-11)8-17-9-13(18)7-14(17)15(19)20-2/h3-6,10,13-14,18H,7-9H2,1-2H3. The molecule has 1 N–H and O–H groups in total. The van der Waals surface area contributed by atoms with Crippen LogP contribution < -0.4 is 0 Å². The summed E-state index contributed by atoms with van der Waals surface area (Å²) in [6, 6.07) is 7.37. The molecule has 0 aromatic heterocycles. The summed E-state index contributed by atoms with van der Waals surface area (Å²) in [6.07, 6.45) is -0.0276. The number of methoxy groups -OCH3 is 1. The van der Waals surface area contributed by atoms with Gasteiger partial charge in [-0.3, -0.25) is 9.69 Å². The van der Waals surface area contributed by atoms with Crippen molar-refractivity contribution in [2.75, 3.05) is 20.2 Å². The smallest absolute Gasteiger partial charge is 0.323 e. The number of esters is 1. The number of halogens is 1. The predicted octanol–water partition coefficient (Wildman–Crippen LogP) is 2.05. The molecule has 2 rings (SSSR count). The molecular weight excluding hydrogens is 278 g/mol. The second-order valence-electron chi connectivity index (χ2n) is 5.34. The van der Waals surface area contributed by atoms with Gasteiger partial charge in [0.25, 0.3) is 0 Å². The Morgan fingerprint density at radius 1 is 1.60 bits per heavy atom. The van der Waals surface area contributed by atoms with E-state index < -0.39 is 6.10 Å². The summed E-state index contributed by atoms with van der Waals surface area (Å²) in [6.45, 7) is 3.28. The van der Waals surface area contributed by atoms with Gasteiger partial charge >= 0.3 is 5.97 Å². The highest BCUT2D eigenvalue weighted by Crippen LogP contribution is 2.25. The summed E-state index contributed by atoms with van der Waals surface area (Å²) in [4.78, 5) is 13.7. The van der Waals surface area contributed by atoms with E-state index >= 15 is 0 Å². The van der Waals surface area contributed by atoms with Gasteiger partial charge in [-0.1, -0.05) is 30.7 Å². The van der Waals surface area contributed by atoms with Gasteiger partial charge in [-0.25, -0.2) is 0 Å². The number of rotatable bonds is 4. The van der Waals surface area contributed by atoms with Gasteiger partial charge in [0.2, 0.25) is 0 Å². The molecule has 0 radical (unpaired) electrons. The maximum Gasteiger partial charge on any atom is 0.323 e. The zero-order valence-electron chi connectivity index (χ0n) is 11.8. The first kappa shape index (κ1) is 15.3. The molecule has 110 valence electrons. The number of carbonyl (C=O) groups excluding carboxylic acids is 1. The van der Waals surface area contributed by atoms with E-state index in [9.17, 15) is 9.90 Å². The van der Waals surface area contributed by atoms with Gasteiger partial charge in [-0.2, -0.15) is 0 Å². The average molecular weight is 298 g/mol. The van der Waals surface area contributed by atoms with Crippen LogP contribution in [-0.2, 0) is 9.53 Å². The summed E-state index contributed by atoms with van der Waals surface area (Å²) in [5.41, 5.74) is 1.13. The number of hydrogen-bond acceptors (Lipinski definition) is 4. The number of likely N-dealkylation sites (tertiary alicyclic amines) is 1. The fourth-order valence-electron chi connectivity index (χ4n) is 2.73. The van der Waals surface area contributed by atoms with Crippen LogP contribution in [0, 0.1) is 0 Å². The van der Waals surface area contributed by atoms with Crippen LogP contribution in [-0.4, -0.2) is 48.3 Å². The SMILES string of the molecule is COC(=O)C1CC(O)CN1CC(C)c1cccc(Cl)c1. The molecule has 4 nitrogen and oxygen atoms in total. The lowest BCUT2D eigenvalue weighted by Gasteiger charge is -2.25. The van der Waals surface area contributed by atoms with E-state index in [1.807, 2.05) is 29.2 Å². The van der Waals surface area contributed by atoms with Crippen LogP contribution in [0.3, 0.4) is 0 Å². The number of nitrogens with zero attached hydrogens (tertiary/aromatic N) is 1. The Labute approximate surface area is 124 Å². The van der Waals surface area contributed by atoms with E-state index in [0.29, 0.717) is 24.5 Å². The Morgan fingerprint density at radius 3 is 3.00 bits per heavy atom. The minimum Gasteiger partial charge on any atom is -0.468 e. The Kier molecular flexibility index (Phi) is 5.02. The zero-order valence-corrected chi connectivity index (χ0v) is 12.5. The zero-order chi connectivity index (χ0) is 14.7. The van der Waals surface area contributed by atoms with Crippen molar-refractivity contribution in [2.45, 2.75) is 31.4 Å². The van der Waals surface area contributed by atoms with Crippen LogP contribution in [0.1, 0.15) is 24.8 Å². The first-order chi connectivity index (χ1) is 9.51. The third-order valence-corrected chi connectivity index (χ3v) is 4.02. The van der Waals surface area contributed by atoms with Gasteiger partial charge < -0.3 is 9.84 Å². The van der Waals surface area contributed by atoms with Crippen molar-refractivity contribution in [3.63, 3.8) is 0 Å². The molecule has 20 heavy (non-hydrogen) atoms. The maximum atomic E-state index is 11.7. The van der Waals surface area contributed by atoms with E-state index in [4.69, 9.17) is 16.3 Å². The minimum atomic E-state index is -0.467. The molecule has 1 aliphatic heterocycles. The van der Waals surface area contributed by atoms with E-state index in [1.165, 1.54) is 7.11 Å². The number of aliphatic hydroxyl groups excluding tert-OH is 1.